The maximum atomic E-state index is 13.2. The van der Waals surface area contributed by atoms with Gasteiger partial charge in [-0.1, -0.05) is 24.6 Å². The quantitative estimate of drug-likeness (QED) is 0.830. The number of halogens is 1. The van der Waals surface area contributed by atoms with Crippen LogP contribution in [0, 0.1) is 5.82 Å². The summed E-state index contributed by atoms with van der Waals surface area (Å²) in [7, 11) is -2.07. The Morgan fingerprint density at radius 1 is 1.12 bits per heavy atom. The molecule has 0 aromatic heterocycles. The second-order valence-corrected chi connectivity index (χ2v) is 8.22. The van der Waals surface area contributed by atoms with Crippen molar-refractivity contribution in [1.82, 2.24) is 4.31 Å². The molecule has 2 aromatic rings. The highest BCUT2D eigenvalue weighted by Gasteiger charge is 2.29. The molecule has 6 heteroatoms. The van der Waals surface area contributed by atoms with Gasteiger partial charge in [0.2, 0.25) is 10.0 Å². The Morgan fingerprint density at radius 3 is 2.60 bits per heavy atom. The van der Waals surface area contributed by atoms with Crippen molar-refractivity contribution in [2.24, 2.45) is 0 Å². The van der Waals surface area contributed by atoms with Crippen LogP contribution >= 0.6 is 0 Å². The molecule has 1 atom stereocenters. The van der Waals surface area contributed by atoms with Crippen LogP contribution in [0.5, 0.6) is 5.75 Å². The van der Waals surface area contributed by atoms with Crippen LogP contribution in [0.2, 0.25) is 0 Å². The summed E-state index contributed by atoms with van der Waals surface area (Å²) in [6.07, 6.45) is 2.67. The van der Waals surface area contributed by atoms with Gasteiger partial charge in [0, 0.05) is 19.2 Å². The smallest absolute Gasteiger partial charge is 0.243 e. The molecule has 0 N–H and O–H groups in total. The van der Waals surface area contributed by atoms with Crippen molar-refractivity contribution < 1.29 is 17.5 Å². The lowest BCUT2D eigenvalue weighted by atomic mass is 9.95. The minimum Gasteiger partial charge on any atom is -0.497 e. The van der Waals surface area contributed by atoms with E-state index in [9.17, 15) is 12.8 Å². The number of hydrogen-bond acceptors (Lipinski definition) is 3. The monoisotopic (exact) mass is 363 g/mol. The van der Waals surface area contributed by atoms with E-state index in [-0.39, 0.29) is 16.6 Å². The Labute approximate surface area is 148 Å². The average molecular weight is 363 g/mol. The molecule has 4 nitrogen and oxygen atoms in total. The molecule has 0 amide bonds. The number of sulfonamides is 1. The van der Waals surface area contributed by atoms with Gasteiger partial charge in [-0.2, -0.15) is 4.31 Å². The third-order valence-electron chi connectivity index (χ3n) is 4.65. The molecule has 0 radical (unpaired) electrons. The molecule has 0 bridgehead atoms. The summed E-state index contributed by atoms with van der Waals surface area (Å²) in [6.45, 7) is 0.905. The molecule has 1 aliphatic rings. The van der Waals surface area contributed by atoms with E-state index in [0.717, 1.165) is 24.8 Å². The van der Waals surface area contributed by atoms with E-state index >= 15 is 0 Å². The molecule has 0 aliphatic carbocycles. The maximum Gasteiger partial charge on any atom is 0.243 e. The molecule has 0 spiro atoms. The van der Waals surface area contributed by atoms with Gasteiger partial charge < -0.3 is 4.74 Å². The molecule has 1 saturated heterocycles. The zero-order chi connectivity index (χ0) is 17.9. The summed E-state index contributed by atoms with van der Waals surface area (Å²) in [6, 6.07) is 12.9. The maximum absolute atomic E-state index is 13.2. The van der Waals surface area contributed by atoms with Crippen LogP contribution in [0.15, 0.2) is 53.4 Å². The van der Waals surface area contributed by atoms with E-state index in [1.54, 1.807) is 40.7 Å². The fourth-order valence-corrected chi connectivity index (χ4v) is 4.80. The van der Waals surface area contributed by atoms with Crippen LogP contribution in [0.3, 0.4) is 0 Å². The van der Waals surface area contributed by atoms with Crippen molar-refractivity contribution in [3.05, 3.63) is 59.9 Å². The largest absolute Gasteiger partial charge is 0.497 e. The van der Waals surface area contributed by atoms with E-state index in [1.807, 2.05) is 0 Å². The van der Waals surface area contributed by atoms with Crippen molar-refractivity contribution in [2.75, 3.05) is 20.2 Å². The summed E-state index contributed by atoms with van der Waals surface area (Å²) in [5, 5.41) is 0. The van der Waals surface area contributed by atoms with E-state index in [4.69, 9.17) is 4.74 Å². The summed E-state index contributed by atoms with van der Waals surface area (Å²) >= 11 is 0. The summed E-state index contributed by atoms with van der Waals surface area (Å²) in [4.78, 5) is 0.242. The van der Waals surface area contributed by atoms with Crippen molar-refractivity contribution in [3.8, 4) is 5.75 Å². The second-order valence-electron chi connectivity index (χ2n) is 6.29. The van der Waals surface area contributed by atoms with Crippen LogP contribution in [-0.2, 0) is 10.0 Å². The fraction of sp³-hybridized carbons (Fsp3) is 0.368. The number of ether oxygens (including phenoxy) is 1. The number of hydrogen-bond donors (Lipinski definition) is 0. The van der Waals surface area contributed by atoms with Crippen LogP contribution in [0.4, 0.5) is 4.39 Å². The Kier molecular flexibility index (Phi) is 5.39. The molecule has 134 valence electrons. The van der Waals surface area contributed by atoms with Crippen molar-refractivity contribution >= 4 is 10.0 Å². The van der Waals surface area contributed by atoms with Gasteiger partial charge in [-0.05, 0) is 48.6 Å². The van der Waals surface area contributed by atoms with Crippen LogP contribution in [0.1, 0.15) is 30.7 Å². The van der Waals surface area contributed by atoms with E-state index in [0.29, 0.717) is 18.8 Å². The van der Waals surface area contributed by atoms with Gasteiger partial charge >= 0.3 is 0 Å². The molecular weight excluding hydrogens is 341 g/mol. The minimum absolute atomic E-state index is 0.0727. The number of benzene rings is 2. The Morgan fingerprint density at radius 2 is 1.88 bits per heavy atom. The number of methoxy groups -OCH3 is 1. The summed E-state index contributed by atoms with van der Waals surface area (Å²) in [5.74, 6) is 0.313. The Hall–Kier alpha value is -1.92. The van der Waals surface area contributed by atoms with E-state index in [2.05, 4.69) is 0 Å². The van der Waals surface area contributed by atoms with E-state index in [1.165, 1.54) is 19.2 Å². The first-order chi connectivity index (χ1) is 12.0. The molecule has 25 heavy (non-hydrogen) atoms. The average Bonchev–Trinajstić information content (AvgIpc) is 2.89. The first-order valence-electron chi connectivity index (χ1n) is 8.40. The van der Waals surface area contributed by atoms with Gasteiger partial charge in [-0.25, -0.2) is 12.8 Å². The van der Waals surface area contributed by atoms with Gasteiger partial charge in [-0.15, -0.1) is 0 Å². The summed E-state index contributed by atoms with van der Waals surface area (Å²) in [5.41, 5.74) is 0.981. The SMILES string of the molecule is COc1cccc(S(=O)(=O)N2CCCCC(c3ccc(F)cc3)C2)c1. The first kappa shape index (κ1) is 17.9. The third kappa shape index (κ3) is 4.02. The first-order valence-corrected chi connectivity index (χ1v) is 9.84. The Bertz CT molecular complexity index is 821. The van der Waals surface area contributed by atoms with Crippen molar-refractivity contribution in [1.29, 1.82) is 0 Å². The number of nitrogens with zero attached hydrogens (tertiary/aromatic N) is 1. The normalized spacial score (nSPS) is 19.4. The highest BCUT2D eigenvalue weighted by atomic mass is 32.2. The standard InChI is InChI=1S/C19H22FNO3S/c1-24-18-6-4-7-19(13-18)25(22,23)21-12-3-2-5-16(14-21)15-8-10-17(20)11-9-15/h4,6-11,13,16H,2-3,5,12,14H2,1H3. The van der Waals surface area contributed by atoms with Gasteiger partial charge in [-0.3, -0.25) is 0 Å². The van der Waals surface area contributed by atoms with E-state index < -0.39 is 10.0 Å². The second kappa shape index (κ2) is 7.54. The highest BCUT2D eigenvalue weighted by Crippen LogP contribution is 2.30. The lowest BCUT2D eigenvalue weighted by Gasteiger charge is -2.24. The lowest BCUT2D eigenvalue weighted by Crippen LogP contribution is -2.34. The van der Waals surface area contributed by atoms with Crippen LogP contribution in [0.25, 0.3) is 0 Å². The van der Waals surface area contributed by atoms with Gasteiger partial charge in [0.25, 0.3) is 0 Å². The van der Waals surface area contributed by atoms with Crippen LogP contribution in [-0.4, -0.2) is 32.9 Å². The molecule has 1 unspecified atom stereocenters. The zero-order valence-electron chi connectivity index (χ0n) is 14.2. The molecule has 2 aromatic carbocycles. The van der Waals surface area contributed by atoms with Crippen molar-refractivity contribution in [3.63, 3.8) is 0 Å². The van der Waals surface area contributed by atoms with Crippen LogP contribution < -0.4 is 4.74 Å². The Balaban J connectivity index is 1.87. The molecule has 0 saturated carbocycles. The predicted molar refractivity (Wildman–Crippen MR) is 94.7 cm³/mol. The molecular formula is C19H22FNO3S. The molecule has 1 fully saturated rings. The molecule has 1 heterocycles. The molecule has 1 aliphatic heterocycles. The third-order valence-corrected chi connectivity index (χ3v) is 6.52. The predicted octanol–water partition coefficient (Wildman–Crippen LogP) is 3.79. The summed E-state index contributed by atoms with van der Waals surface area (Å²) < 4.78 is 46.0. The van der Waals surface area contributed by atoms with Gasteiger partial charge in [0.05, 0.1) is 12.0 Å². The highest BCUT2D eigenvalue weighted by molar-refractivity contribution is 7.89. The topological polar surface area (TPSA) is 46.6 Å². The number of rotatable bonds is 4. The zero-order valence-corrected chi connectivity index (χ0v) is 15.0. The van der Waals surface area contributed by atoms with Gasteiger partial charge in [0.1, 0.15) is 11.6 Å². The van der Waals surface area contributed by atoms with Gasteiger partial charge in [0.15, 0.2) is 0 Å². The lowest BCUT2D eigenvalue weighted by molar-refractivity contribution is 0.402. The minimum atomic E-state index is -3.59. The fourth-order valence-electron chi connectivity index (χ4n) is 3.24. The van der Waals surface area contributed by atoms with Crippen molar-refractivity contribution in [2.45, 2.75) is 30.1 Å². The molecule has 3 rings (SSSR count).